The normalized spacial score (nSPS) is 14.4. The van der Waals surface area contributed by atoms with Crippen LogP contribution in [-0.4, -0.2) is 36.0 Å². The average molecular weight is 375 g/mol. The number of benzene rings is 2. The van der Waals surface area contributed by atoms with Gasteiger partial charge in [-0.05, 0) is 48.7 Å². The largest absolute Gasteiger partial charge is 0.449 e. The number of rotatable bonds is 5. The molecule has 7 heteroatoms. The number of nitrogens with zero attached hydrogens (tertiary/aromatic N) is 1. The van der Waals surface area contributed by atoms with E-state index in [0.29, 0.717) is 13.1 Å². The van der Waals surface area contributed by atoms with Gasteiger partial charge in [0.2, 0.25) is 0 Å². The first kappa shape index (κ1) is 18.8. The van der Waals surface area contributed by atoms with Gasteiger partial charge in [0.15, 0.2) is 6.10 Å². The van der Waals surface area contributed by atoms with E-state index in [2.05, 4.69) is 4.74 Å². The fourth-order valence-corrected chi connectivity index (χ4v) is 2.99. The highest BCUT2D eigenvalue weighted by atomic mass is 19.3. The van der Waals surface area contributed by atoms with Gasteiger partial charge in [-0.2, -0.15) is 8.78 Å². The molecule has 0 spiro atoms. The van der Waals surface area contributed by atoms with Crippen molar-refractivity contribution < 1.29 is 27.8 Å². The van der Waals surface area contributed by atoms with Gasteiger partial charge in [0.1, 0.15) is 5.75 Å². The molecule has 27 heavy (non-hydrogen) atoms. The quantitative estimate of drug-likeness (QED) is 0.752. The average Bonchev–Trinajstić information content (AvgIpc) is 2.67. The number of esters is 1. The van der Waals surface area contributed by atoms with Gasteiger partial charge in [0.25, 0.3) is 5.91 Å². The number of carbonyl (C=O) groups is 2. The van der Waals surface area contributed by atoms with E-state index < -0.39 is 18.7 Å². The molecule has 0 saturated carbocycles. The van der Waals surface area contributed by atoms with E-state index in [1.807, 2.05) is 24.3 Å². The van der Waals surface area contributed by atoms with E-state index >= 15 is 0 Å². The lowest BCUT2D eigenvalue weighted by molar-refractivity contribution is -0.140. The minimum Gasteiger partial charge on any atom is -0.449 e. The molecule has 5 nitrogen and oxygen atoms in total. The van der Waals surface area contributed by atoms with Crippen LogP contribution in [0.1, 0.15) is 28.4 Å². The Labute approximate surface area is 155 Å². The molecule has 0 N–H and O–H groups in total. The molecule has 0 unspecified atom stereocenters. The summed E-state index contributed by atoms with van der Waals surface area (Å²) in [5.74, 6) is -1.02. The summed E-state index contributed by atoms with van der Waals surface area (Å²) in [6.45, 7) is -0.363. The van der Waals surface area contributed by atoms with Gasteiger partial charge in [-0.1, -0.05) is 24.3 Å². The Morgan fingerprint density at radius 3 is 2.37 bits per heavy atom. The predicted molar refractivity (Wildman–Crippen MR) is 93.5 cm³/mol. The Bertz CT molecular complexity index is 823. The molecule has 0 bridgehead atoms. The molecule has 1 heterocycles. The molecule has 0 aliphatic carbocycles. The second-order valence-corrected chi connectivity index (χ2v) is 6.23. The Morgan fingerprint density at radius 1 is 1.04 bits per heavy atom. The highest BCUT2D eigenvalue weighted by Crippen LogP contribution is 2.20. The SMILES string of the molecule is C[C@H](OC(=O)c1ccc(OC(F)F)cc1)C(=O)N1CCc2ccccc2C1. The smallest absolute Gasteiger partial charge is 0.387 e. The number of fused-ring (bicyclic) bond motifs is 1. The van der Waals surface area contributed by atoms with Crippen LogP contribution < -0.4 is 4.74 Å². The standard InChI is InChI=1S/C20H19F2NO4/c1-13(18(24)23-11-10-14-4-2-3-5-16(14)12-23)26-19(25)15-6-8-17(9-7-15)27-20(21)22/h2-9,13,20H,10-12H2,1H3/t13-/m0/s1. The lowest BCUT2D eigenvalue weighted by Crippen LogP contribution is -2.42. The van der Waals surface area contributed by atoms with Crippen LogP contribution >= 0.6 is 0 Å². The molecule has 0 saturated heterocycles. The van der Waals surface area contributed by atoms with Crippen molar-refractivity contribution in [2.45, 2.75) is 32.6 Å². The summed E-state index contributed by atoms with van der Waals surface area (Å²) >= 11 is 0. The number of carbonyl (C=O) groups excluding carboxylic acids is 2. The molecule has 2 aromatic carbocycles. The van der Waals surface area contributed by atoms with Gasteiger partial charge in [-0.25, -0.2) is 4.79 Å². The number of amides is 1. The summed E-state index contributed by atoms with van der Waals surface area (Å²) in [6.07, 6.45) is -0.187. The van der Waals surface area contributed by atoms with Gasteiger partial charge in [-0.15, -0.1) is 0 Å². The van der Waals surface area contributed by atoms with Crippen LogP contribution in [0.5, 0.6) is 5.75 Å². The second-order valence-electron chi connectivity index (χ2n) is 6.23. The fraction of sp³-hybridized carbons (Fsp3) is 0.300. The van der Waals surface area contributed by atoms with E-state index in [-0.39, 0.29) is 17.2 Å². The van der Waals surface area contributed by atoms with Gasteiger partial charge in [-0.3, -0.25) is 4.79 Å². The number of alkyl halides is 2. The molecule has 1 aliphatic rings. The monoisotopic (exact) mass is 375 g/mol. The van der Waals surface area contributed by atoms with Crippen LogP contribution in [0.2, 0.25) is 0 Å². The number of hydrogen-bond donors (Lipinski definition) is 0. The summed E-state index contributed by atoms with van der Waals surface area (Å²) in [7, 11) is 0. The summed E-state index contributed by atoms with van der Waals surface area (Å²) < 4.78 is 33.8. The molecule has 0 aromatic heterocycles. The van der Waals surface area contributed by atoms with Crippen LogP contribution in [0.4, 0.5) is 8.78 Å². The third-order valence-electron chi connectivity index (χ3n) is 4.39. The van der Waals surface area contributed by atoms with Gasteiger partial charge < -0.3 is 14.4 Å². The third kappa shape index (κ3) is 4.61. The Hall–Kier alpha value is -2.96. The number of halogens is 2. The molecule has 3 rings (SSSR count). The fourth-order valence-electron chi connectivity index (χ4n) is 2.99. The van der Waals surface area contributed by atoms with Crippen molar-refractivity contribution in [2.24, 2.45) is 0 Å². The van der Waals surface area contributed by atoms with E-state index in [1.165, 1.54) is 36.8 Å². The molecular formula is C20H19F2NO4. The van der Waals surface area contributed by atoms with Crippen LogP contribution in [0.3, 0.4) is 0 Å². The Morgan fingerprint density at radius 2 is 1.70 bits per heavy atom. The Balaban J connectivity index is 1.59. The zero-order valence-corrected chi connectivity index (χ0v) is 14.7. The van der Waals surface area contributed by atoms with Crippen LogP contribution in [0.25, 0.3) is 0 Å². The lowest BCUT2D eigenvalue weighted by Gasteiger charge is -2.30. The summed E-state index contributed by atoms with van der Waals surface area (Å²) in [4.78, 5) is 26.5. The first-order valence-electron chi connectivity index (χ1n) is 8.55. The first-order valence-corrected chi connectivity index (χ1v) is 8.55. The molecule has 0 fully saturated rings. The van der Waals surface area contributed by atoms with E-state index in [0.717, 1.165) is 12.0 Å². The van der Waals surface area contributed by atoms with Crippen molar-refractivity contribution in [3.63, 3.8) is 0 Å². The summed E-state index contributed by atoms with van der Waals surface area (Å²) in [5, 5.41) is 0. The number of hydrogen-bond acceptors (Lipinski definition) is 4. The molecule has 2 aromatic rings. The Kier molecular flexibility index (Phi) is 5.69. The second kappa shape index (κ2) is 8.16. The van der Waals surface area contributed by atoms with Crippen molar-refractivity contribution in [3.05, 3.63) is 65.2 Å². The minimum atomic E-state index is -2.94. The maximum absolute atomic E-state index is 12.6. The van der Waals surface area contributed by atoms with E-state index in [1.54, 1.807) is 4.90 Å². The predicted octanol–water partition coefficient (Wildman–Crippen LogP) is 3.42. The van der Waals surface area contributed by atoms with Crippen molar-refractivity contribution in [3.8, 4) is 5.75 Å². The summed E-state index contributed by atoms with van der Waals surface area (Å²) in [6, 6.07) is 13.0. The van der Waals surface area contributed by atoms with Gasteiger partial charge in [0, 0.05) is 13.1 Å². The minimum absolute atomic E-state index is 0.0577. The van der Waals surface area contributed by atoms with Crippen molar-refractivity contribution in [1.29, 1.82) is 0 Å². The van der Waals surface area contributed by atoms with Gasteiger partial charge in [0.05, 0.1) is 5.56 Å². The molecule has 142 valence electrons. The zero-order chi connectivity index (χ0) is 19.4. The maximum Gasteiger partial charge on any atom is 0.387 e. The molecule has 1 aliphatic heterocycles. The maximum atomic E-state index is 12.6. The molecule has 1 atom stereocenters. The molecule has 0 radical (unpaired) electrons. The zero-order valence-electron chi connectivity index (χ0n) is 14.7. The van der Waals surface area contributed by atoms with Gasteiger partial charge >= 0.3 is 12.6 Å². The highest BCUT2D eigenvalue weighted by molar-refractivity contribution is 5.92. The topological polar surface area (TPSA) is 55.8 Å². The van der Waals surface area contributed by atoms with Crippen molar-refractivity contribution >= 4 is 11.9 Å². The lowest BCUT2D eigenvalue weighted by atomic mass is 9.99. The first-order chi connectivity index (χ1) is 12.9. The van der Waals surface area contributed by atoms with E-state index in [4.69, 9.17) is 4.74 Å². The van der Waals surface area contributed by atoms with E-state index in [9.17, 15) is 18.4 Å². The van der Waals surface area contributed by atoms with Crippen LogP contribution in [-0.2, 0) is 22.5 Å². The highest BCUT2D eigenvalue weighted by Gasteiger charge is 2.27. The van der Waals surface area contributed by atoms with Crippen LogP contribution in [0.15, 0.2) is 48.5 Å². The third-order valence-corrected chi connectivity index (χ3v) is 4.39. The van der Waals surface area contributed by atoms with Crippen molar-refractivity contribution in [1.82, 2.24) is 4.90 Å². The summed E-state index contributed by atoms with van der Waals surface area (Å²) in [5.41, 5.74) is 2.46. The van der Waals surface area contributed by atoms with Crippen LogP contribution in [0, 0.1) is 0 Å². The molecular weight excluding hydrogens is 356 g/mol. The molecule has 1 amide bonds. The number of ether oxygens (including phenoxy) is 2. The van der Waals surface area contributed by atoms with Crippen molar-refractivity contribution in [2.75, 3.05) is 6.54 Å².